The molecule has 4 heterocycles. The van der Waals surface area contributed by atoms with Crippen LogP contribution in [0.1, 0.15) is 44.9 Å². The van der Waals surface area contributed by atoms with Gasteiger partial charge in [-0.1, -0.05) is 20.4 Å². The van der Waals surface area contributed by atoms with Crippen LogP contribution in [0.15, 0.2) is 41.8 Å². The monoisotopic (exact) mass is 609 g/mol. The summed E-state index contributed by atoms with van der Waals surface area (Å²) in [6.07, 6.45) is 2.82. The number of nitrogens with two attached hydrogens (primary N) is 1. The maximum atomic E-state index is 15.9. The van der Waals surface area contributed by atoms with Gasteiger partial charge in [-0.15, -0.1) is 0 Å². The summed E-state index contributed by atoms with van der Waals surface area (Å²) in [5.41, 5.74) is 4.05. The highest BCUT2D eigenvalue weighted by atomic mass is 19.2. The van der Waals surface area contributed by atoms with E-state index in [4.69, 9.17) is 5.73 Å². The fraction of sp³-hybridized carbons (Fsp3) is 0.323. The molecular weight excluding hydrogens is 578 g/mol. The van der Waals surface area contributed by atoms with E-state index in [1.54, 1.807) is 29.0 Å². The van der Waals surface area contributed by atoms with Crippen molar-refractivity contribution >= 4 is 28.4 Å². The molecule has 0 aliphatic carbocycles. The number of aromatic nitrogens is 4. The van der Waals surface area contributed by atoms with Gasteiger partial charge in [0.2, 0.25) is 5.91 Å². The fourth-order valence-electron chi connectivity index (χ4n) is 5.85. The number of anilines is 2. The van der Waals surface area contributed by atoms with Crippen LogP contribution in [-0.2, 0) is 4.79 Å². The number of nitrogen functional groups attached to an aromatic ring is 1. The standard InChI is InChI=1S/C31H31F4N7O2/c1-7-22(43)41-16(5)12-40(13-17(41)6)29-19-10-20(32)27(18-11-21(36)24(34)25(35)23(18)33)38-30(19)42(31(44)39-29)28-15(4)8-9-37-26(28)14(2)3/h7-11,14,16-17H,1,12-13,36H2,2-6H3/t16-,17+. The first-order chi connectivity index (χ1) is 20.8. The van der Waals surface area contributed by atoms with Gasteiger partial charge < -0.3 is 15.5 Å². The SMILES string of the molecule is C=CC(=O)N1[C@H](C)CN(c2nc(=O)n(-c3c(C)ccnc3C(C)C)c3nc(-c4cc(N)c(F)c(F)c4F)c(F)cc23)C[C@@H]1C. The molecule has 1 aromatic carbocycles. The molecule has 1 saturated heterocycles. The highest BCUT2D eigenvalue weighted by Crippen LogP contribution is 2.35. The average molecular weight is 610 g/mol. The number of rotatable bonds is 5. The smallest absolute Gasteiger partial charge is 0.355 e. The van der Waals surface area contributed by atoms with Crippen LogP contribution >= 0.6 is 0 Å². The molecule has 3 aromatic heterocycles. The molecule has 1 aliphatic rings. The Morgan fingerprint density at radius 1 is 1.07 bits per heavy atom. The average Bonchev–Trinajstić information content (AvgIpc) is 2.97. The topological polar surface area (TPSA) is 110 Å². The molecule has 1 fully saturated rings. The molecule has 2 N–H and O–H groups in total. The van der Waals surface area contributed by atoms with Crippen molar-refractivity contribution in [1.29, 1.82) is 0 Å². The minimum absolute atomic E-state index is 0.0986. The van der Waals surface area contributed by atoms with Crippen LogP contribution in [0.2, 0.25) is 0 Å². The number of nitrogens with zero attached hydrogens (tertiary/aromatic N) is 6. The van der Waals surface area contributed by atoms with Crippen LogP contribution in [0.5, 0.6) is 0 Å². The molecule has 0 spiro atoms. The number of piperazine rings is 1. The molecule has 44 heavy (non-hydrogen) atoms. The summed E-state index contributed by atoms with van der Waals surface area (Å²) in [5, 5.41) is 0.0997. The Bertz CT molecular complexity index is 1880. The van der Waals surface area contributed by atoms with Gasteiger partial charge in [0.1, 0.15) is 17.3 Å². The van der Waals surface area contributed by atoms with Gasteiger partial charge in [0.15, 0.2) is 23.1 Å². The zero-order valence-corrected chi connectivity index (χ0v) is 24.8. The molecule has 1 aliphatic heterocycles. The third-order valence-electron chi connectivity index (χ3n) is 7.80. The van der Waals surface area contributed by atoms with E-state index in [9.17, 15) is 18.4 Å². The van der Waals surface area contributed by atoms with Crippen LogP contribution in [0.3, 0.4) is 0 Å². The summed E-state index contributed by atoms with van der Waals surface area (Å²) in [5.74, 6) is -6.57. The van der Waals surface area contributed by atoms with Gasteiger partial charge in [-0.05, 0) is 56.5 Å². The van der Waals surface area contributed by atoms with Crippen molar-refractivity contribution in [3.8, 4) is 16.9 Å². The maximum absolute atomic E-state index is 15.9. The molecular formula is C31H31F4N7O2. The number of benzene rings is 1. The van der Waals surface area contributed by atoms with Crippen LogP contribution in [0.25, 0.3) is 28.0 Å². The zero-order valence-electron chi connectivity index (χ0n) is 24.8. The third-order valence-corrected chi connectivity index (χ3v) is 7.80. The lowest BCUT2D eigenvalue weighted by molar-refractivity contribution is -0.130. The lowest BCUT2D eigenvalue weighted by Gasteiger charge is -2.44. The Labute approximate surface area is 250 Å². The van der Waals surface area contributed by atoms with Crippen molar-refractivity contribution in [1.82, 2.24) is 24.4 Å². The number of pyridine rings is 2. The molecule has 4 aromatic rings. The number of hydrogen-bond donors (Lipinski definition) is 1. The normalized spacial score (nSPS) is 17.0. The summed E-state index contributed by atoms with van der Waals surface area (Å²) < 4.78 is 60.5. The van der Waals surface area contributed by atoms with E-state index in [0.717, 1.165) is 12.1 Å². The number of halogens is 4. The van der Waals surface area contributed by atoms with Crippen molar-refractivity contribution in [3.63, 3.8) is 0 Å². The Morgan fingerprint density at radius 2 is 1.73 bits per heavy atom. The predicted molar refractivity (Wildman–Crippen MR) is 160 cm³/mol. The second-order valence-electron chi connectivity index (χ2n) is 11.3. The first kappa shape index (κ1) is 30.6. The van der Waals surface area contributed by atoms with Crippen LogP contribution in [0, 0.1) is 30.2 Å². The first-order valence-corrected chi connectivity index (χ1v) is 14.0. The van der Waals surface area contributed by atoms with Crippen molar-refractivity contribution in [2.24, 2.45) is 0 Å². The highest BCUT2D eigenvalue weighted by molar-refractivity contribution is 5.91. The fourth-order valence-corrected chi connectivity index (χ4v) is 5.85. The molecule has 0 bridgehead atoms. The minimum atomic E-state index is -1.88. The lowest BCUT2D eigenvalue weighted by atomic mass is 10.0. The summed E-state index contributed by atoms with van der Waals surface area (Å²) in [6.45, 7) is 13.2. The first-order valence-electron chi connectivity index (χ1n) is 14.0. The number of hydrogen-bond acceptors (Lipinski definition) is 7. The van der Waals surface area contributed by atoms with Gasteiger partial charge in [-0.25, -0.2) is 31.9 Å². The zero-order chi connectivity index (χ0) is 32.2. The molecule has 13 heteroatoms. The summed E-state index contributed by atoms with van der Waals surface area (Å²) in [6, 6.07) is 2.82. The van der Waals surface area contributed by atoms with E-state index in [1.807, 2.05) is 27.7 Å². The second kappa shape index (κ2) is 11.4. The van der Waals surface area contributed by atoms with Crippen molar-refractivity contribution in [3.05, 3.63) is 82.1 Å². The Morgan fingerprint density at radius 3 is 2.34 bits per heavy atom. The largest absolute Gasteiger partial charge is 0.396 e. The van der Waals surface area contributed by atoms with Gasteiger partial charge in [0.25, 0.3) is 0 Å². The third kappa shape index (κ3) is 4.95. The van der Waals surface area contributed by atoms with Gasteiger partial charge >= 0.3 is 5.69 Å². The van der Waals surface area contributed by atoms with Crippen LogP contribution in [-0.4, -0.2) is 55.5 Å². The lowest BCUT2D eigenvalue weighted by Crippen LogP contribution is -2.58. The molecule has 230 valence electrons. The molecule has 0 saturated carbocycles. The Hall–Kier alpha value is -4.81. The van der Waals surface area contributed by atoms with E-state index in [1.165, 1.54) is 10.6 Å². The molecule has 0 unspecified atom stereocenters. The molecule has 1 amide bonds. The van der Waals surface area contributed by atoms with E-state index in [0.29, 0.717) is 16.9 Å². The number of aryl methyl sites for hydroxylation is 1. The van der Waals surface area contributed by atoms with E-state index in [2.05, 4.69) is 21.5 Å². The van der Waals surface area contributed by atoms with E-state index < -0.39 is 45.9 Å². The van der Waals surface area contributed by atoms with Crippen LogP contribution < -0.4 is 16.3 Å². The molecule has 9 nitrogen and oxygen atoms in total. The van der Waals surface area contributed by atoms with Gasteiger partial charge in [-0.3, -0.25) is 9.78 Å². The molecule has 5 rings (SSSR count). The highest BCUT2D eigenvalue weighted by Gasteiger charge is 2.34. The quantitative estimate of drug-likeness (QED) is 0.146. The summed E-state index contributed by atoms with van der Waals surface area (Å²) >= 11 is 0. The Kier molecular flexibility index (Phi) is 7.91. The van der Waals surface area contributed by atoms with E-state index >= 15 is 8.78 Å². The number of carbonyl (C=O) groups is 1. The van der Waals surface area contributed by atoms with Gasteiger partial charge in [0, 0.05) is 36.9 Å². The number of carbonyl (C=O) groups excluding carboxylic acids is 1. The van der Waals surface area contributed by atoms with Crippen molar-refractivity contribution < 1.29 is 22.4 Å². The second-order valence-corrected chi connectivity index (χ2v) is 11.3. The Balaban J connectivity index is 1.85. The molecule has 2 atom stereocenters. The summed E-state index contributed by atoms with van der Waals surface area (Å²) in [4.78, 5) is 43.1. The predicted octanol–water partition coefficient (Wildman–Crippen LogP) is 5.02. The molecule has 0 radical (unpaired) electrons. The number of amides is 1. The van der Waals surface area contributed by atoms with E-state index in [-0.39, 0.29) is 53.8 Å². The van der Waals surface area contributed by atoms with Crippen molar-refractivity contribution in [2.75, 3.05) is 23.7 Å². The van der Waals surface area contributed by atoms with Crippen molar-refractivity contribution in [2.45, 2.75) is 52.6 Å². The summed E-state index contributed by atoms with van der Waals surface area (Å²) in [7, 11) is 0. The van der Waals surface area contributed by atoms with Crippen LogP contribution in [0.4, 0.5) is 29.1 Å². The van der Waals surface area contributed by atoms with Gasteiger partial charge in [-0.2, -0.15) is 4.98 Å². The van der Waals surface area contributed by atoms with Gasteiger partial charge in [0.05, 0.1) is 22.5 Å². The maximum Gasteiger partial charge on any atom is 0.355 e. The minimum Gasteiger partial charge on any atom is -0.396 e. The number of fused-ring (bicyclic) bond motifs is 1.